The fourth-order valence-corrected chi connectivity index (χ4v) is 8.04. The predicted molar refractivity (Wildman–Crippen MR) is 197 cm³/mol. The molecule has 0 N–H and O–H groups in total. The summed E-state index contributed by atoms with van der Waals surface area (Å²) < 4.78 is 4.71. The summed E-state index contributed by atoms with van der Waals surface area (Å²) in [7, 11) is 7.04. The highest BCUT2D eigenvalue weighted by atomic mass is 15.1. The average molecular weight is 594 g/mol. The molecule has 4 heterocycles. The number of para-hydroxylation sites is 2. The molecule has 11 rings (SSSR count). The number of rotatable bonds is 2. The molecule has 0 atom stereocenters. The molecule has 0 unspecified atom stereocenters. The summed E-state index contributed by atoms with van der Waals surface area (Å²) in [6.45, 7) is 0. The van der Waals surface area contributed by atoms with Gasteiger partial charge in [0.2, 0.25) is 0 Å². The van der Waals surface area contributed by atoms with Gasteiger partial charge in [0.05, 0.1) is 33.1 Å². The first-order valence-corrected chi connectivity index (χ1v) is 15.9. The highest BCUT2D eigenvalue weighted by Gasteiger charge is 2.25. The summed E-state index contributed by atoms with van der Waals surface area (Å²) >= 11 is 0. The second-order valence-electron chi connectivity index (χ2n) is 12.4. The molecule has 0 amide bonds. The van der Waals surface area contributed by atoms with Gasteiger partial charge in [-0.1, -0.05) is 121 Å². The molecule has 0 aliphatic carbocycles. The average Bonchev–Trinajstić information content (AvgIpc) is 3.62. The number of fused-ring (bicyclic) bond motifs is 8. The smallest absolute Gasteiger partial charge is 0.165 e. The van der Waals surface area contributed by atoms with E-state index in [-0.39, 0.29) is 0 Å². The van der Waals surface area contributed by atoms with Crippen LogP contribution in [0.15, 0.2) is 140 Å². The van der Waals surface area contributed by atoms with Crippen molar-refractivity contribution in [2.75, 3.05) is 0 Å². The molecule has 0 saturated heterocycles. The predicted octanol–water partition coefficient (Wildman–Crippen LogP) is 9.49. The summed E-state index contributed by atoms with van der Waals surface area (Å²) in [6.07, 6.45) is 0. The molecule has 47 heavy (non-hydrogen) atoms. The maximum Gasteiger partial charge on any atom is 0.165 e. The zero-order valence-corrected chi connectivity index (χ0v) is 25.1. The van der Waals surface area contributed by atoms with Gasteiger partial charge in [0.1, 0.15) is 13.5 Å². The van der Waals surface area contributed by atoms with Crippen LogP contribution in [-0.2, 0) is 0 Å². The Labute approximate surface area is 269 Å². The van der Waals surface area contributed by atoms with Crippen LogP contribution in [0.3, 0.4) is 0 Å². The van der Waals surface area contributed by atoms with E-state index in [9.17, 15) is 0 Å². The maximum atomic E-state index is 7.04. The second kappa shape index (κ2) is 8.96. The molecule has 214 valence electrons. The van der Waals surface area contributed by atoms with Crippen molar-refractivity contribution in [1.82, 2.24) is 18.9 Å². The highest BCUT2D eigenvalue weighted by Crippen LogP contribution is 2.44. The van der Waals surface area contributed by atoms with E-state index in [1.807, 2.05) is 6.07 Å². The van der Waals surface area contributed by atoms with Gasteiger partial charge in [-0.2, -0.15) is 0 Å². The zero-order chi connectivity index (χ0) is 30.8. The highest BCUT2D eigenvalue weighted by molar-refractivity contribution is 6.43. The molecule has 11 aromatic rings. The normalized spacial score (nSPS) is 12.3. The Bertz CT molecular complexity index is 3080. The van der Waals surface area contributed by atoms with E-state index < -0.39 is 0 Å². The first-order valence-electron chi connectivity index (χ1n) is 15.9. The van der Waals surface area contributed by atoms with Crippen LogP contribution in [0.4, 0.5) is 0 Å². The molecule has 5 heteroatoms. The standard InChI is InChI=1S/C42H23BN4/c43-31-22-21-28-30-16-8-15-29-27-14-6-7-17-33(27)46(40(29)30)34-18-9-19-35-37(34)36(28)41(31)47(35)42-38(25-11-2-1-3-12-25)44-32-23-20-24-10-4-5-13-26(24)39(32)45-42/h1-23H. The van der Waals surface area contributed by atoms with Gasteiger partial charge in [0, 0.05) is 43.4 Å². The molecule has 2 radical (unpaired) electrons. The minimum absolute atomic E-state index is 0.702. The van der Waals surface area contributed by atoms with Gasteiger partial charge in [0.25, 0.3) is 0 Å². The van der Waals surface area contributed by atoms with Gasteiger partial charge in [-0.05, 0) is 35.0 Å². The molecule has 0 fully saturated rings. The number of nitrogens with zero attached hydrogens (tertiary/aromatic N) is 4. The van der Waals surface area contributed by atoms with E-state index in [4.69, 9.17) is 17.8 Å². The summed E-state index contributed by atoms with van der Waals surface area (Å²) in [5.41, 5.74) is 9.78. The van der Waals surface area contributed by atoms with Crippen molar-refractivity contribution in [3.05, 3.63) is 140 Å². The Morgan fingerprint density at radius 1 is 0.468 bits per heavy atom. The first-order chi connectivity index (χ1) is 23.3. The van der Waals surface area contributed by atoms with Gasteiger partial charge in [0.15, 0.2) is 5.82 Å². The van der Waals surface area contributed by atoms with Gasteiger partial charge in [-0.3, -0.25) is 4.57 Å². The van der Waals surface area contributed by atoms with E-state index in [1.165, 1.54) is 27.2 Å². The minimum atomic E-state index is 0.702. The lowest BCUT2D eigenvalue weighted by molar-refractivity contribution is 1.08. The van der Waals surface area contributed by atoms with Crippen molar-refractivity contribution < 1.29 is 0 Å². The monoisotopic (exact) mass is 594 g/mol. The van der Waals surface area contributed by atoms with Crippen molar-refractivity contribution in [3.8, 4) is 17.1 Å². The SMILES string of the molecule is [B]c1ccc2c3cccc4c5ccccc5n(c5cccc6c5c2c1n6-c1nc2c(ccc5ccccc52)nc1-c1ccccc1)c34. The van der Waals surface area contributed by atoms with Crippen molar-refractivity contribution in [1.29, 1.82) is 0 Å². The van der Waals surface area contributed by atoms with Crippen LogP contribution in [0.2, 0.25) is 0 Å². The molecular weight excluding hydrogens is 571 g/mol. The van der Waals surface area contributed by atoms with Gasteiger partial charge in [-0.25, -0.2) is 9.97 Å². The zero-order valence-electron chi connectivity index (χ0n) is 25.1. The summed E-state index contributed by atoms with van der Waals surface area (Å²) in [5.74, 6) is 0.762. The molecule has 0 aliphatic rings. The van der Waals surface area contributed by atoms with Crippen LogP contribution in [0.25, 0.3) is 98.8 Å². The van der Waals surface area contributed by atoms with Crippen LogP contribution in [0.5, 0.6) is 0 Å². The summed E-state index contributed by atoms with van der Waals surface area (Å²) in [6, 6.07) is 49.2. The molecule has 0 bridgehead atoms. The van der Waals surface area contributed by atoms with E-state index >= 15 is 0 Å². The Kier molecular flexibility index (Phi) is 4.77. The fourth-order valence-electron chi connectivity index (χ4n) is 8.04. The van der Waals surface area contributed by atoms with E-state index in [0.29, 0.717) is 5.46 Å². The molecular formula is C42H23BN4. The van der Waals surface area contributed by atoms with Gasteiger partial charge < -0.3 is 4.40 Å². The van der Waals surface area contributed by atoms with E-state index in [1.54, 1.807) is 0 Å². The van der Waals surface area contributed by atoms with Crippen molar-refractivity contribution in [3.63, 3.8) is 0 Å². The third kappa shape index (κ3) is 3.18. The minimum Gasteiger partial charge on any atom is -0.308 e. The van der Waals surface area contributed by atoms with Crippen LogP contribution in [0, 0.1) is 0 Å². The maximum absolute atomic E-state index is 7.04. The van der Waals surface area contributed by atoms with Crippen molar-refractivity contribution >= 4 is 95.0 Å². The number of aromatic nitrogens is 4. The summed E-state index contributed by atoms with van der Waals surface area (Å²) in [4.78, 5) is 10.9. The lowest BCUT2D eigenvalue weighted by Crippen LogP contribution is -2.11. The Hall–Kier alpha value is -6.20. The molecule has 0 saturated carbocycles. The molecule has 7 aromatic carbocycles. The van der Waals surface area contributed by atoms with E-state index in [2.05, 4.69) is 142 Å². The lowest BCUT2D eigenvalue weighted by Gasteiger charge is -2.16. The van der Waals surface area contributed by atoms with Crippen LogP contribution < -0.4 is 5.46 Å². The third-order valence-electron chi connectivity index (χ3n) is 9.97. The number of benzene rings is 7. The Balaban J connectivity index is 1.42. The molecule has 4 nitrogen and oxygen atoms in total. The topological polar surface area (TPSA) is 35.1 Å². The summed E-state index contributed by atoms with van der Waals surface area (Å²) in [5, 5.41) is 9.34. The molecule has 0 spiro atoms. The quantitative estimate of drug-likeness (QED) is 0.148. The fraction of sp³-hybridized carbons (Fsp3) is 0. The van der Waals surface area contributed by atoms with E-state index in [0.717, 1.165) is 71.6 Å². The van der Waals surface area contributed by atoms with Crippen LogP contribution in [-0.4, -0.2) is 26.8 Å². The van der Waals surface area contributed by atoms with Crippen LogP contribution in [0.1, 0.15) is 0 Å². The van der Waals surface area contributed by atoms with Crippen molar-refractivity contribution in [2.45, 2.75) is 0 Å². The first kappa shape index (κ1) is 25.0. The largest absolute Gasteiger partial charge is 0.308 e. The number of hydrogen-bond acceptors (Lipinski definition) is 2. The Morgan fingerprint density at radius 2 is 1.17 bits per heavy atom. The number of hydrogen-bond donors (Lipinski definition) is 0. The lowest BCUT2D eigenvalue weighted by atomic mass is 9.91. The second-order valence-corrected chi connectivity index (χ2v) is 12.4. The van der Waals surface area contributed by atoms with Gasteiger partial charge >= 0.3 is 0 Å². The van der Waals surface area contributed by atoms with Crippen molar-refractivity contribution in [2.24, 2.45) is 0 Å². The Morgan fingerprint density at radius 3 is 2.06 bits per heavy atom. The molecule has 0 aliphatic heterocycles. The molecule has 4 aromatic heterocycles. The van der Waals surface area contributed by atoms with Crippen LogP contribution >= 0.6 is 0 Å². The third-order valence-corrected chi connectivity index (χ3v) is 9.97. The van der Waals surface area contributed by atoms with Gasteiger partial charge in [-0.15, -0.1) is 0 Å².